The van der Waals surface area contributed by atoms with Crippen molar-refractivity contribution in [3.05, 3.63) is 24.3 Å². The molecule has 0 aliphatic carbocycles. The molecule has 0 saturated carbocycles. The van der Waals surface area contributed by atoms with E-state index >= 15 is 0 Å². The molecule has 1 fully saturated rings. The minimum Gasteiger partial charge on any atom is -0.491 e. The van der Waals surface area contributed by atoms with Gasteiger partial charge in [-0.1, -0.05) is 26.8 Å². The zero-order valence-corrected chi connectivity index (χ0v) is 13.2. The number of benzene rings is 1. The fourth-order valence-electron chi connectivity index (χ4n) is 2.53. The summed E-state index contributed by atoms with van der Waals surface area (Å²) in [6, 6.07) is 9.08. The number of ether oxygens (including phenoxy) is 1. The molecule has 3 heteroatoms. The summed E-state index contributed by atoms with van der Waals surface area (Å²) in [7, 11) is 0. The predicted molar refractivity (Wildman–Crippen MR) is 85.7 cm³/mol. The van der Waals surface area contributed by atoms with Crippen LogP contribution in [0.2, 0.25) is 0 Å². The third-order valence-electron chi connectivity index (χ3n) is 4.11. The number of nitrogens with one attached hydrogen (secondary N) is 1. The lowest BCUT2D eigenvalue weighted by Crippen LogP contribution is -2.52. The quantitative estimate of drug-likeness (QED) is 0.893. The standard InChI is InChI=1S/C17H28N2O/c1-5-14(4)20-16-8-6-7-15(11-16)19-10-9-18-17(12-19)13(2)3/h6-8,11,13-14,17-18H,5,9-10,12H2,1-4H3. The Morgan fingerprint density at radius 1 is 1.35 bits per heavy atom. The van der Waals surface area contributed by atoms with Crippen LogP contribution in [-0.2, 0) is 0 Å². The van der Waals surface area contributed by atoms with Crippen molar-refractivity contribution in [3.8, 4) is 5.75 Å². The second-order valence-electron chi connectivity index (χ2n) is 6.08. The van der Waals surface area contributed by atoms with E-state index in [9.17, 15) is 0 Å². The molecule has 1 saturated heterocycles. The Morgan fingerprint density at radius 3 is 2.85 bits per heavy atom. The minimum absolute atomic E-state index is 0.275. The van der Waals surface area contributed by atoms with Gasteiger partial charge in [0, 0.05) is 37.4 Å². The average molecular weight is 276 g/mol. The van der Waals surface area contributed by atoms with E-state index in [0.717, 1.165) is 31.8 Å². The molecular formula is C17H28N2O. The monoisotopic (exact) mass is 276 g/mol. The molecule has 20 heavy (non-hydrogen) atoms. The summed E-state index contributed by atoms with van der Waals surface area (Å²) >= 11 is 0. The first-order valence-electron chi connectivity index (χ1n) is 7.85. The molecule has 0 spiro atoms. The summed E-state index contributed by atoms with van der Waals surface area (Å²) in [5, 5.41) is 3.60. The maximum Gasteiger partial charge on any atom is 0.121 e. The Morgan fingerprint density at radius 2 is 2.15 bits per heavy atom. The predicted octanol–water partition coefficient (Wildman–Crippen LogP) is 3.30. The van der Waals surface area contributed by atoms with Gasteiger partial charge in [-0.05, 0) is 31.4 Å². The van der Waals surface area contributed by atoms with Crippen LogP contribution in [0.25, 0.3) is 0 Å². The van der Waals surface area contributed by atoms with E-state index in [4.69, 9.17) is 4.74 Å². The summed E-state index contributed by atoms with van der Waals surface area (Å²) in [6.45, 7) is 12.0. The van der Waals surface area contributed by atoms with Crippen molar-refractivity contribution >= 4 is 5.69 Å². The molecule has 2 atom stereocenters. The van der Waals surface area contributed by atoms with Gasteiger partial charge in [0.15, 0.2) is 0 Å². The van der Waals surface area contributed by atoms with Crippen molar-refractivity contribution in [1.82, 2.24) is 5.32 Å². The maximum absolute atomic E-state index is 5.93. The van der Waals surface area contributed by atoms with E-state index in [0.29, 0.717) is 12.0 Å². The molecule has 1 aromatic rings. The highest BCUT2D eigenvalue weighted by Gasteiger charge is 2.22. The van der Waals surface area contributed by atoms with E-state index in [-0.39, 0.29) is 6.10 Å². The van der Waals surface area contributed by atoms with Gasteiger partial charge < -0.3 is 15.0 Å². The molecule has 112 valence electrons. The van der Waals surface area contributed by atoms with Crippen molar-refractivity contribution in [2.24, 2.45) is 5.92 Å². The highest BCUT2D eigenvalue weighted by atomic mass is 16.5. The van der Waals surface area contributed by atoms with E-state index in [1.54, 1.807) is 0 Å². The van der Waals surface area contributed by atoms with E-state index in [1.807, 2.05) is 0 Å². The fraction of sp³-hybridized carbons (Fsp3) is 0.647. The van der Waals surface area contributed by atoms with Crippen molar-refractivity contribution < 1.29 is 4.74 Å². The normalized spacial score (nSPS) is 21.1. The van der Waals surface area contributed by atoms with E-state index < -0.39 is 0 Å². The average Bonchev–Trinajstić information content (AvgIpc) is 2.47. The van der Waals surface area contributed by atoms with E-state index in [1.165, 1.54) is 5.69 Å². The Bertz CT molecular complexity index is 419. The number of hydrogen-bond donors (Lipinski definition) is 1. The van der Waals surface area contributed by atoms with Crippen LogP contribution in [0.15, 0.2) is 24.3 Å². The molecule has 1 heterocycles. The Hall–Kier alpha value is -1.22. The van der Waals surface area contributed by atoms with Gasteiger partial charge in [-0.3, -0.25) is 0 Å². The maximum atomic E-state index is 5.93. The van der Waals surface area contributed by atoms with Gasteiger partial charge >= 0.3 is 0 Å². The van der Waals surface area contributed by atoms with Gasteiger partial charge in [-0.25, -0.2) is 0 Å². The molecule has 0 aromatic heterocycles. The topological polar surface area (TPSA) is 24.5 Å². The summed E-state index contributed by atoms with van der Waals surface area (Å²) < 4.78 is 5.93. The van der Waals surface area contributed by atoms with Crippen LogP contribution < -0.4 is 15.0 Å². The first-order chi connectivity index (χ1) is 9.60. The number of nitrogens with zero attached hydrogens (tertiary/aromatic N) is 1. The lowest BCUT2D eigenvalue weighted by Gasteiger charge is -2.37. The fourth-order valence-corrected chi connectivity index (χ4v) is 2.53. The zero-order chi connectivity index (χ0) is 14.5. The van der Waals surface area contributed by atoms with Gasteiger partial charge in [0.2, 0.25) is 0 Å². The molecular weight excluding hydrogens is 248 g/mol. The Kier molecular flexibility index (Phi) is 5.30. The zero-order valence-electron chi connectivity index (χ0n) is 13.2. The van der Waals surface area contributed by atoms with Crippen LogP contribution in [0.4, 0.5) is 5.69 Å². The molecule has 0 amide bonds. The summed E-state index contributed by atoms with van der Waals surface area (Å²) in [5.74, 6) is 1.65. The number of rotatable bonds is 5. The third kappa shape index (κ3) is 3.89. The number of anilines is 1. The van der Waals surface area contributed by atoms with Gasteiger partial charge in [-0.2, -0.15) is 0 Å². The summed E-state index contributed by atoms with van der Waals surface area (Å²) in [4.78, 5) is 2.46. The van der Waals surface area contributed by atoms with Crippen LogP contribution in [-0.4, -0.2) is 31.8 Å². The Labute approximate surface area is 123 Å². The molecule has 1 aliphatic heterocycles. The summed E-state index contributed by atoms with van der Waals surface area (Å²) in [6.07, 6.45) is 1.31. The second-order valence-corrected chi connectivity index (χ2v) is 6.08. The van der Waals surface area contributed by atoms with E-state index in [2.05, 4.69) is 62.2 Å². The lowest BCUT2D eigenvalue weighted by atomic mass is 10.0. The molecule has 2 rings (SSSR count). The number of hydrogen-bond acceptors (Lipinski definition) is 3. The number of piperazine rings is 1. The van der Waals surface area contributed by atoms with Crippen molar-refractivity contribution in [1.29, 1.82) is 0 Å². The van der Waals surface area contributed by atoms with Crippen LogP contribution in [0.3, 0.4) is 0 Å². The second kappa shape index (κ2) is 6.98. The molecule has 1 aliphatic rings. The summed E-state index contributed by atoms with van der Waals surface area (Å²) in [5.41, 5.74) is 1.28. The molecule has 0 bridgehead atoms. The van der Waals surface area contributed by atoms with Gasteiger partial charge in [0.05, 0.1) is 6.10 Å². The SMILES string of the molecule is CCC(C)Oc1cccc(N2CCNC(C(C)C)C2)c1. The van der Waals surface area contributed by atoms with Crippen LogP contribution >= 0.6 is 0 Å². The molecule has 0 radical (unpaired) electrons. The highest BCUT2D eigenvalue weighted by molar-refractivity contribution is 5.51. The molecule has 1 N–H and O–H groups in total. The van der Waals surface area contributed by atoms with Crippen molar-refractivity contribution in [2.45, 2.75) is 46.3 Å². The smallest absolute Gasteiger partial charge is 0.121 e. The molecule has 3 nitrogen and oxygen atoms in total. The van der Waals surface area contributed by atoms with Gasteiger partial charge in [0.25, 0.3) is 0 Å². The molecule has 2 unspecified atom stereocenters. The first-order valence-corrected chi connectivity index (χ1v) is 7.85. The minimum atomic E-state index is 0.275. The van der Waals surface area contributed by atoms with Crippen LogP contribution in [0.5, 0.6) is 5.75 Å². The largest absolute Gasteiger partial charge is 0.491 e. The van der Waals surface area contributed by atoms with Crippen LogP contribution in [0.1, 0.15) is 34.1 Å². The van der Waals surface area contributed by atoms with Gasteiger partial charge in [-0.15, -0.1) is 0 Å². The van der Waals surface area contributed by atoms with Crippen LogP contribution in [0, 0.1) is 5.92 Å². The van der Waals surface area contributed by atoms with Gasteiger partial charge in [0.1, 0.15) is 5.75 Å². The lowest BCUT2D eigenvalue weighted by molar-refractivity contribution is 0.217. The van der Waals surface area contributed by atoms with Crippen molar-refractivity contribution in [3.63, 3.8) is 0 Å². The first kappa shape index (κ1) is 15.2. The highest BCUT2D eigenvalue weighted by Crippen LogP contribution is 2.24. The third-order valence-corrected chi connectivity index (χ3v) is 4.11. The van der Waals surface area contributed by atoms with Crippen molar-refractivity contribution in [2.75, 3.05) is 24.5 Å². The molecule has 1 aromatic carbocycles. The Balaban J connectivity index is 2.06.